The van der Waals surface area contributed by atoms with Crippen molar-refractivity contribution in [3.8, 4) is 0 Å². The molecule has 20 heteroatoms. The molecule has 0 spiro atoms. The summed E-state index contributed by atoms with van der Waals surface area (Å²) < 4.78 is 0. The third kappa shape index (κ3) is 32.0. The molecule has 2 aliphatic rings. The van der Waals surface area contributed by atoms with Gasteiger partial charge in [0, 0.05) is 81.4 Å². The second kappa shape index (κ2) is 37.3. The molecule has 0 unspecified atom stereocenters. The lowest BCUT2D eigenvalue weighted by Gasteiger charge is -2.23. The van der Waals surface area contributed by atoms with Gasteiger partial charge in [-0.15, -0.1) is 0 Å². The van der Waals surface area contributed by atoms with Crippen molar-refractivity contribution in [2.24, 2.45) is 72.0 Å². The zero-order valence-corrected chi connectivity index (χ0v) is 31.8. The Kier molecular flexibility index (Phi) is 35.7. The minimum Gasteiger partial charge on any atom is -0.330 e. The van der Waals surface area contributed by atoms with Crippen LogP contribution in [-0.4, -0.2) is 63.4 Å². The second-order valence-electron chi connectivity index (χ2n) is 13.1. The fourth-order valence-corrected chi connectivity index (χ4v) is 5.57. The van der Waals surface area contributed by atoms with Gasteiger partial charge in [-0.05, 0) is 83.2 Å². The third-order valence-corrected chi connectivity index (χ3v) is 8.84. The highest BCUT2D eigenvalue weighted by molar-refractivity contribution is 5.15. The summed E-state index contributed by atoms with van der Waals surface area (Å²) in [5.74, 6) is 1.81. The lowest BCUT2D eigenvalue weighted by Crippen LogP contribution is -2.31. The molecule has 1 aromatic carbocycles. The number of azide groups is 5. The zero-order chi connectivity index (χ0) is 40.0. The van der Waals surface area contributed by atoms with Crippen LogP contribution in [-0.2, 0) is 6.42 Å². The standard InChI is InChI=1S/C9H18N4.C9H12N4.C7H14N4.C6H14N4.C2H6N4/c2*10-9(7-12-13-11)6-8-4-2-1-3-5-8;8-7(5-10-11-9)6-3-1-2-4-6;1-3-5(2)6(7)4-9-10-8;3-1-2-5-6-4/h8-9H,1-7,10H2;1-5,9H,6-7,10H2;6-7H,1-5,8H2;5-6H,3-4,7H2,1-2H3;1-3H2/t2*9-;7-;5-,6+;/m0010./s1. The van der Waals surface area contributed by atoms with Crippen LogP contribution in [0.5, 0.6) is 0 Å². The van der Waals surface area contributed by atoms with Crippen molar-refractivity contribution in [2.75, 3.05) is 39.3 Å². The molecule has 2 aliphatic carbocycles. The molecule has 0 saturated heterocycles. The monoisotopic (exact) mass is 741 g/mol. The van der Waals surface area contributed by atoms with Crippen LogP contribution in [0.15, 0.2) is 55.9 Å². The van der Waals surface area contributed by atoms with E-state index < -0.39 is 0 Å². The molecule has 296 valence electrons. The van der Waals surface area contributed by atoms with E-state index in [0.717, 1.165) is 25.2 Å². The maximum absolute atomic E-state index is 8.12. The Morgan fingerprint density at radius 2 is 1.15 bits per heavy atom. The van der Waals surface area contributed by atoms with E-state index in [9.17, 15) is 0 Å². The van der Waals surface area contributed by atoms with Crippen molar-refractivity contribution in [1.82, 2.24) is 0 Å². The first kappa shape index (κ1) is 50.7. The summed E-state index contributed by atoms with van der Waals surface area (Å²) in [7, 11) is 0. The molecule has 0 aromatic heterocycles. The first-order valence-electron chi connectivity index (χ1n) is 18.4. The molecule has 5 atom stereocenters. The Hall–Kier alpha value is -4.43. The average molecular weight is 741 g/mol. The predicted octanol–water partition coefficient (Wildman–Crippen LogP) is 8.20. The van der Waals surface area contributed by atoms with E-state index in [-0.39, 0.29) is 24.2 Å². The molecular weight excluding hydrogens is 677 g/mol. The summed E-state index contributed by atoms with van der Waals surface area (Å²) in [6.45, 7) is 6.63. The number of nitrogens with zero attached hydrogens (tertiary/aromatic N) is 15. The van der Waals surface area contributed by atoms with Crippen LogP contribution in [0.4, 0.5) is 0 Å². The van der Waals surface area contributed by atoms with E-state index >= 15 is 0 Å². The van der Waals surface area contributed by atoms with Crippen LogP contribution in [0, 0.1) is 17.8 Å². The van der Waals surface area contributed by atoms with E-state index in [1.807, 2.05) is 30.3 Å². The van der Waals surface area contributed by atoms with Gasteiger partial charge in [0.2, 0.25) is 0 Å². The largest absolute Gasteiger partial charge is 0.330 e. The lowest BCUT2D eigenvalue weighted by molar-refractivity contribution is 0.319. The van der Waals surface area contributed by atoms with Gasteiger partial charge in [-0.3, -0.25) is 0 Å². The van der Waals surface area contributed by atoms with E-state index in [0.29, 0.717) is 51.1 Å². The van der Waals surface area contributed by atoms with Crippen LogP contribution >= 0.6 is 0 Å². The summed E-state index contributed by atoms with van der Waals surface area (Å²) in [4.78, 5) is 13.2. The maximum atomic E-state index is 8.12. The summed E-state index contributed by atoms with van der Waals surface area (Å²) in [6.07, 6.45) is 14.5. The van der Waals surface area contributed by atoms with Crippen LogP contribution in [0.2, 0.25) is 0 Å². The number of hydrogen-bond donors (Lipinski definition) is 5. The van der Waals surface area contributed by atoms with Crippen molar-refractivity contribution in [1.29, 1.82) is 0 Å². The van der Waals surface area contributed by atoms with Gasteiger partial charge >= 0.3 is 0 Å². The lowest BCUT2D eigenvalue weighted by atomic mass is 9.85. The summed E-state index contributed by atoms with van der Waals surface area (Å²) >= 11 is 0. The molecule has 0 radical (unpaired) electrons. The molecule has 3 rings (SSSR count). The fraction of sp³-hybridized carbons (Fsp3) is 0.818. The molecule has 10 N–H and O–H groups in total. The van der Waals surface area contributed by atoms with Crippen LogP contribution in [0.1, 0.15) is 90.0 Å². The summed E-state index contributed by atoms with van der Waals surface area (Å²) in [5, 5.41) is 16.9. The molecule has 0 amide bonds. The fourth-order valence-electron chi connectivity index (χ4n) is 5.57. The zero-order valence-electron chi connectivity index (χ0n) is 31.8. The SMILES string of the molecule is CC[C@H](C)[C@H](N)CN=[N+]=[N-].[N-]=[N+]=NCCN.[N-]=[N+]=NC[C@@H](N)C1CCCC1.[N-]=[N+]=NC[C@@H](N)CC1CCCCC1.[N-]=[N+]=NC[C@@H](N)Cc1ccccc1. The first-order valence-corrected chi connectivity index (χ1v) is 18.4. The quantitative estimate of drug-likeness (QED) is 0.0596. The Morgan fingerprint density at radius 1 is 0.660 bits per heavy atom. The molecule has 2 saturated carbocycles. The van der Waals surface area contributed by atoms with Crippen molar-refractivity contribution < 1.29 is 0 Å². The topological polar surface area (TPSA) is 374 Å². The Labute approximate surface area is 314 Å². The van der Waals surface area contributed by atoms with E-state index in [4.69, 9.17) is 56.3 Å². The van der Waals surface area contributed by atoms with Gasteiger partial charge in [0.1, 0.15) is 0 Å². The third-order valence-electron chi connectivity index (χ3n) is 8.84. The maximum Gasteiger partial charge on any atom is 0.0413 e. The number of nitrogens with two attached hydrogens (primary N) is 5. The molecule has 0 aliphatic heterocycles. The molecular formula is C33H64N20. The molecule has 0 bridgehead atoms. The van der Waals surface area contributed by atoms with Crippen molar-refractivity contribution in [3.05, 3.63) is 88.1 Å². The predicted molar refractivity (Wildman–Crippen MR) is 214 cm³/mol. The molecule has 2 fully saturated rings. The molecule has 1 aromatic rings. The van der Waals surface area contributed by atoms with Crippen molar-refractivity contribution >= 4 is 0 Å². The van der Waals surface area contributed by atoms with Crippen LogP contribution in [0.3, 0.4) is 0 Å². The van der Waals surface area contributed by atoms with E-state index in [1.54, 1.807) is 0 Å². The highest BCUT2D eigenvalue weighted by Gasteiger charge is 2.21. The van der Waals surface area contributed by atoms with Gasteiger partial charge in [-0.1, -0.05) is 121 Å². The van der Waals surface area contributed by atoms with Crippen LogP contribution < -0.4 is 28.7 Å². The Balaban J connectivity index is 0. The number of benzene rings is 1. The minimum absolute atomic E-state index is 0.0147. The van der Waals surface area contributed by atoms with E-state index in [2.05, 4.69) is 64.0 Å². The van der Waals surface area contributed by atoms with Gasteiger partial charge in [-0.2, -0.15) is 0 Å². The first-order chi connectivity index (χ1) is 25.6. The summed E-state index contributed by atoms with van der Waals surface area (Å²) in [5.41, 5.74) is 69.0. The minimum atomic E-state index is -0.0849. The Bertz CT molecular complexity index is 1250. The van der Waals surface area contributed by atoms with Gasteiger partial charge < -0.3 is 28.7 Å². The van der Waals surface area contributed by atoms with Gasteiger partial charge in [-0.25, -0.2) is 0 Å². The van der Waals surface area contributed by atoms with E-state index in [1.165, 1.54) is 63.4 Å². The molecule has 0 heterocycles. The Morgan fingerprint density at radius 3 is 1.64 bits per heavy atom. The van der Waals surface area contributed by atoms with Crippen molar-refractivity contribution in [2.45, 2.75) is 115 Å². The highest BCUT2D eigenvalue weighted by atomic mass is 15.2. The number of rotatable bonds is 17. The number of hydrogen-bond acceptors (Lipinski definition) is 10. The van der Waals surface area contributed by atoms with Gasteiger partial charge in [0.15, 0.2) is 0 Å². The normalized spacial score (nSPS) is 16.1. The highest BCUT2D eigenvalue weighted by Crippen LogP contribution is 2.27. The van der Waals surface area contributed by atoms with Gasteiger partial charge in [0.25, 0.3) is 0 Å². The second-order valence-corrected chi connectivity index (χ2v) is 13.1. The van der Waals surface area contributed by atoms with Crippen LogP contribution in [0.25, 0.3) is 52.2 Å². The average Bonchev–Trinajstić information content (AvgIpc) is 3.74. The van der Waals surface area contributed by atoms with Crippen molar-refractivity contribution in [3.63, 3.8) is 0 Å². The van der Waals surface area contributed by atoms with Gasteiger partial charge in [0.05, 0.1) is 0 Å². The smallest absolute Gasteiger partial charge is 0.0413 e. The molecule has 20 nitrogen and oxygen atoms in total. The molecule has 53 heavy (non-hydrogen) atoms. The summed E-state index contributed by atoms with van der Waals surface area (Å²) in [6, 6.07) is 10.0.